The number of nitrogen functional groups attached to an aromatic ring is 1. The first-order valence-corrected chi connectivity index (χ1v) is 7.13. The molecule has 2 rings (SSSR count). The fourth-order valence-electron chi connectivity index (χ4n) is 2.58. The van der Waals surface area contributed by atoms with E-state index in [0.717, 1.165) is 56.3 Å². The number of hydrogen-bond donors (Lipinski definition) is 1. The van der Waals surface area contributed by atoms with Crippen LogP contribution in [-0.4, -0.2) is 56.7 Å². The number of likely N-dealkylation sites (N-methyl/N-ethyl adjacent to an activating group) is 1. The summed E-state index contributed by atoms with van der Waals surface area (Å²) in [6.45, 7) is 8.63. The molecule has 0 spiro atoms. The summed E-state index contributed by atoms with van der Waals surface area (Å²) >= 11 is 0. The highest BCUT2D eigenvalue weighted by molar-refractivity contribution is 5.57. The minimum atomic E-state index is 0.685. The third-order valence-electron chi connectivity index (χ3n) is 3.95. The lowest BCUT2D eigenvalue weighted by Gasteiger charge is -2.34. The third kappa shape index (κ3) is 3.35. The number of hydrogen-bond acceptors (Lipinski definition) is 5. The van der Waals surface area contributed by atoms with Gasteiger partial charge in [-0.05, 0) is 18.2 Å². The van der Waals surface area contributed by atoms with E-state index < -0.39 is 0 Å². The number of ether oxygens (including phenoxy) is 2. The lowest BCUT2D eigenvalue weighted by Crippen LogP contribution is -2.45. The molecule has 0 atom stereocenters. The number of piperazine rings is 1. The molecule has 20 heavy (non-hydrogen) atoms. The second-order valence-electron chi connectivity index (χ2n) is 5.12. The Labute approximate surface area is 121 Å². The normalized spacial score (nSPS) is 17.1. The van der Waals surface area contributed by atoms with Crippen molar-refractivity contribution in [2.75, 3.05) is 52.7 Å². The Bertz CT molecular complexity index is 443. The molecule has 0 aromatic heterocycles. The van der Waals surface area contributed by atoms with E-state index in [0.29, 0.717) is 5.75 Å². The number of rotatable bonds is 5. The first kappa shape index (κ1) is 14.9. The molecule has 112 valence electrons. The van der Waals surface area contributed by atoms with Crippen LogP contribution in [0.5, 0.6) is 11.5 Å². The molecule has 0 unspecified atom stereocenters. The molecule has 0 amide bonds. The zero-order chi connectivity index (χ0) is 14.5. The molecule has 5 heteroatoms. The van der Waals surface area contributed by atoms with E-state index >= 15 is 0 Å². The van der Waals surface area contributed by atoms with Crippen molar-refractivity contribution in [2.45, 2.75) is 13.5 Å². The second-order valence-corrected chi connectivity index (χ2v) is 5.12. The molecule has 1 heterocycles. The largest absolute Gasteiger partial charge is 0.493 e. The molecule has 0 aliphatic carbocycles. The predicted molar refractivity (Wildman–Crippen MR) is 81.3 cm³/mol. The van der Waals surface area contributed by atoms with Gasteiger partial charge in [-0.25, -0.2) is 0 Å². The van der Waals surface area contributed by atoms with Gasteiger partial charge in [-0.3, -0.25) is 4.90 Å². The molecular weight excluding hydrogens is 254 g/mol. The number of nitrogens with two attached hydrogens (primary N) is 1. The van der Waals surface area contributed by atoms with Crippen molar-refractivity contribution in [3.8, 4) is 11.5 Å². The van der Waals surface area contributed by atoms with Gasteiger partial charge in [0.25, 0.3) is 0 Å². The summed E-state index contributed by atoms with van der Waals surface area (Å²) in [5.41, 5.74) is 7.99. The third-order valence-corrected chi connectivity index (χ3v) is 3.95. The van der Waals surface area contributed by atoms with Crippen LogP contribution >= 0.6 is 0 Å². The van der Waals surface area contributed by atoms with E-state index in [9.17, 15) is 0 Å². The average Bonchev–Trinajstić information content (AvgIpc) is 2.49. The smallest absolute Gasteiger partial charge is 0.162 e. The van der Waals surface area contributed by atoms with Crippen LogP contribution in [0.2, 0.25) is 0 Å². The van der Waals surface area contributed by atoms with E-state index in [1.807, 2.05) is 12.1 Å². The maximum absolute atomic E-state index is 6.12. The van der Waals surface area contributed by atoms with Gasteiger partial charge in [-0.2, -0.15) is 0 Å². The van der Waals surface area contributed by atoms with Crippen LogP contribution in [0.3, 0.4) is 0 Å². The van der Waals surface area contributed by atoms with Crippen molar-refractivity contribution in [2.24, 2.45) is 0 Å². The maximum atomic E-state index is 6.12. The Hall–Kier alpha value is -1.46. The summed E-state index contributed by atoms with van der Waals surface area (Å²) in [6, 6.07) is 3.83. The maximum Gasteiger partial charge on any atom is 0.162 e. The van der Waals surface area contributed by atoms with Gasteiger partial charge in [-0.1, -0.05) is 6.92 Å². The highest BCUT2D eigenvalue weighted by atomic mass is 16.5. The number of benzene rings is 1. The molecule has 1 saturated heterocycles. The van der Waals surface area contributed by atoms with Crippen LogP contribution in [0.1, 0.15) is 12.5 Å². The molecule has 1 aromatic rings. The van der Waals surface area contributed by atoms with Crippen LogP contribution in [0.4, 0.5) is 5.69 Å². The van der Waals surface area contributed by atoms with Gasteiger partial charge < -0.3 is 20.1 Å². The first-order chi connectivity index (χ1) is 9.67. The zero-order valence-corrected chi connectivity index (χ0v) is 12.7. The van der Waals surface area contributed by atoms with Crippen molar-refractivity contribution >= 4 is 5.69 Å². The monoisotopic (exact) mass is 279 g/mol. The average molecular weight is 279 g/mol. The van der Waals surface area contributed by atoms with E-state index in [-0.39, 0.29) is 0 Å². The molecule has 1 aliphatic heterocycles. The van der Waals surface area contributed by atoms with Gasteiger partial charge in [0.1, 0.15) is 0 Å². The SMILES string of the molecule is CCN1CCN(Cc2cc(OC)c(OC)cc2N)CC1. The standard InChI is InChI=1S/C15H25N3O2/c1-4-17-5-7-18(8-6-17)11-12-9-14(19-2)15(20-3)10-13(12)16/h9-10H,4-8,11,16H2,1-3H3. The number of nitrogens with zero attached hydrogens (tertiary/aromatic N) is 2. The Morgan fingerprint density at radius 1 is 1.00 bits per heavy atom. The summed E-state index contributed by atoms with van der Waals surface area (Å²) in [5.74, 6) is 1.42. The molecule has 1 aliphatic rings. The van der Waals surface area contributed by atoms with Crippen LogP contribution in [0, 0.1) is 0 Å². The van der Waals surface area contributed by atoms with Gasteiger partial charge in [0.05, 0.1) is 14.2 Å². The van der Waals surface area contributed by atoms with Gasteiger partial charge in [0, 0.05) is 44.5 Å². The minimum Gasteiger partial charge on any atom is -0.493 e. The van der Waals surface area contributed by atoms with Crippen molar-refractivity contribution in [1.82, 2.24) is 9.80 Å². The van der Waals surface area contributed by atoms with Gasteiger partial charge in [0.15, 0.2) is 11.5 Å². The fourth-order valence-corrected chi connectivity index (χ4v) is 2.58. The molecule has 2 N–H and O–H groups in total. The van der Waals surface area contributed by atoms with Gasteiger partial charge >= 0.3 is 0 Å². The summed E-state index contributed by atoms with van der Waals surface area (Å²) < 4.78 is 10.6. The van der Waals surface area contributed by atoms with Crippen LogP contribution in [-0.2, 0) is 6.54 Å². The highest BCUT2D eigenvalue weighted by Crippen LogP contribution is 2.32. The number of methoxy groups -OCH3 is 2. The summed E-state index contributed by atoms with van der Waals surface area (Å²) in [6.07, 6.45) is 0. The molecule has 5 nitrogen and oxygen atoms in total. The molecule has 0 radical (unpaired) electrons. The van der Waals surface area contributed by atoms with Gasteiger partial charge in [-0.15, -0.1) is 0 Å². The predicted octanol–water partition coefficient (Wildman–Crippen LogP) is 1.42. The zero-order valence-electron chi connectivity index (χ0n) is 12.7. The molecule has 1 fully saturated rings. The van der Waals surface area contributed by atoms with Crippen molar-refractivity contribution < 1.29 is 9.47 Å². The van der Waals surface area contributed by atoms with Crippen LogP contribution in [0.25, 0.3) is 0 Å². The Balaban J connectivity index is 2.06. The molecule has 0 bridgehead atoms. The van der Waals surface area contributed by atoms with Crippen molar-refractivity contribution in [1.29, 1.82) is 0 Å². The van der Waals surface area contributed by atoms with E-state index in [1.54, 1.807) is 14.2 Å². The number of anilines is 1. The second kappa shape index (κ2) is 6.81. The molecule has 1 aromatic carbocycles. The Morgan fingerprint density at radius 2 is 1.55 bits per heavy atom. The van der Waals surface area contributed by atoms with Crippen LogP contribution < -0.4 is 15.2 Å². The lowest BCUT2D eigenvalue weighted by molar-refractivity contribution is 0.132. The van der Waals surface area contributed by atoms with Crippen molar-refractivity contribution in [3.05, 3.63) is 17.7 Å². The van der Waals surface area contributed by atoms with Gasteiger partial charge in [0.2, 0.25) is 0 Å². The molecule has 0 saturated carbocycles. The first-order valence-electron chi connectivity index (χ1n) is 7.13. The Kier molecular flexibility index (Phi) is 5.09. The van der Waals surface area contributed by atoms with E-state index in [1.165, 1.54) is 0 Å². The molecular formula is C15H25N3O2. The highest BCUT2D eigenvalue weighted by Gasteiger charge is 2.17. The van der Waals surface area contributed by atoms with E-state index in [4.69, 9.17) is 15.2 Å². The fraction of sp³-hybridized carbons (Fsp3) is 0.600. The quantitative estimate of drug-likeness (QED) is 0.826. The van der Waals surface area contributed by atoms with Crippen LogP contribution in [0.15, 0.2) is 12.1 Å². The summed E-state index contributed by atoms with van der Waals surface area (Å²) in [5, 5.41) is 0. The topological polar surface area (TPSA) is 51.0 Å². The lowest BCUT2D eigenvalue weighted by atomic mass is 10.1. The van der Waals surface area contributed by atoms with Crippen molar-refractivity contribution in [3.63, 3.8) is 0 Å². The van der Waals surface area contributed by atoms with E-state index in [2.05, 4.69) is 16.7 Å². The Morgan fingerprint density at radius 3 is 2.10 bits per heavy atom. The summed E-state index contributed by atoms with van der Waals surface area (Å²) in [7, 11) is 3.28. The summed E-state index contributed by atoms with van der Waals surface area (Å²) in [4.78, 5) is 4.90. The minimum absolute atomic E-state index is 0.685.